The second-order valence-electron chi connectivity index (χ2n) is 5.62. The number of methoxy groups -OCH3 is 2. The molecule has 2 aromatic rings. The van der Waals surface area contributed by atoms with Crippen LogP contribution in [-0.2, 0) is 13.0 Å². The molecule has 0 spiro atoms. The molecule has 1 atom stereocenters. The first-order chi connectivity index (χ1) is 11.1. The van der Waals surface area contributed by atoms with E-state index in [-0.39, 0.29) is 12.4 Å². The van der Waals surface area contributed by atoms with E-state index in [1.54, 1.807) is 14.2 Å². The van der Waals surface area contributed by atoms with E-state index in [9.17, 15) is 0 Å². The Bertz CT molecular complexity index is 622. The van der Waals surface area contributed by atoms with Crippen molar-refractivity contribution in [3.63, 3.8) is 0 Å². The van der Waals surface area contributed by atoms with Gasteiger partial charge in [-0.3, -0.25) is 0 Å². The van der Waals surface area contributed by atoms with E-state index in [4.69, 9.17) is 9.47 Å². The SMILES string of the molecule is COc1cc(CNC(C)CCc2ccccc2)cc(Br)c1OC.Cl. The van der Waals surface area contributed by atoms with Crippen molar-refractivity contribution in [2.75, 3.05) is 14.2 Å². The second kappa shape index (κ2) is 10.6. The van der Waals surface area contributed by atoms with Crippen molar-refractivity contribution in [3.8, 4) is 11.5 Å². The summed E-state index contributed by atoms with van der Waals surface area (Å²) in [6.45, 7) is 3.02. The van der Waals surface area contributed by atoms with Crippen LogP contribution in [0.25, 0.3) is 0 Å². The summed E-state index contributed by atoms with van der Waals surface area (Å²) in [5, 5.41) is 3.57. The van der Waals surface area contributed by atoms with Crippen LogP contribution in [0.1, 0.15) is 24.5 Å². The lowest BCUT2D eigenvalue weighted by Crippen LogP contribution is -2.26. The molecule has 0 aliphatic carbocycles. The Morgan fingerprint density at radius 1 is 1.04 bits per heavy atom. The highest BCUT2D eigenvalue weighted by molar-refractivity contribution is 9.10. The van der Waals surface area contributed by atoms with Crippen molar-refractivity contribution < 1.29 is 9.47 Å². The third kappa shape index (κ3) is 6.00. The third-order valence-corrected chi connectivity index (χ3v) is 4.45. The fourth-order valence-corrected chi connectivity index (χ4v) is 3.15. The Balaban J connectivity index is 0.00000288. The minimum absolute atomic E-state index is 0. The monoisotopic (exact) mass is 413 g/mol. The highest BCUT2D eigenvalue weighted by atomic mass is 79.9. The van der Waals surface area contributed by atoms with Crippen LogP contribution in [0.5, 0.6) is 11.5 Å². The lowest BCUT2D eigenvalue weighted by Gasteiger charge is -2.16. The van der Waals surface area contributed by atoms with Crippen molar-refractivity contribution in [3.05, 3.63) is 58.1 Å². The van der Waals surface area contributed by atoms with Gasteiger partial charge in [0.1, 0.15) is 0 Å². The minimum Gasteiger partial charge on any atom is -0.493 e. The topological polar surface area (TPSA) is 30.5 Å². The molecule has 0 aliphatic rings. The quantitative estimate of drug-likeness (QED) is 0.659. The fourth-order valence-electron chi connectivity index (χ4n) is 2.50. The molecule has 1 N–H and O–H groups in total. The molecule has 0 aliphatic heterocycles. The van der Waals surface area contributed by atoms with Crippen molar-refractivity contribution >= 4 is 28.3 Å². The third-order valence-electron chi connectivity index (χ3n) is 3.86. The normalized spacial score (nSPS) is 11.5. The van der Waals surface area contributed by atoms with Gasteiger partial charge in [-0.25, -0.2) is 0 Å². The molecule has 24 heavy (non-hydrogen) atoms. The first-order valence-corrected chi connectivity index (χ1v) is 8.61. The number of hydrogen-bond acceptors (Lipinski definition) is 3. The zero-order chi connectivity index (χ0) is 16.7. The number of ether oxygens (including phenoxy) is 2. The number of hydrogen-bond donors (Lipinski definition) is 1. The number of nitrogens with one attached hydrogen (secondary N) is 1. The summed E-state index contributed by atoms with van der Waals surface area (Å²) in [5.74, 6) is 1.48. The molecule has 132 valence electrons. The lowest BCUT2D eigenvalue weighted by molar-refractivity contribution is 0.352. The largest absolute Gasteiger partial charge is 0.493 e. The highest BCUT2D eigenvalue weighted by Gasteiger charge is 2.11. The standard InChI is InChI=1S/C19H24BrNO2.ClH/c1-14(9-10-15-7-5-4-6-8-15)21-13-16-11-17(20)19(23-3)18(12-16)22-2;/h4-8,11-12,14,21H,9-10,13H2,1-3H3;1H. The second-order valence-corrected chi connectivity index (χ2v) is 6.47. The summed E-state index contributed by atoms with van der Waals surface area (Å²) in [7, 11) is 3.30. The first kappa shape index (κ1) is 20.8. The molecule has 5 heteroatoms. The van der Waals surface area contributed by atoms with Gasteiger partial charge >= 0.3 is 0 Å². The Morgan fingerprint density at radius 2 is 1.75 bits per heavy atom. The minimum atomic E-state index is 0. The molecule has 0 heterocycles. The maximum atomic E-state index is 5.39. The van der Waals surface area contributed by atoms with E-state index in [0.717, 1.165) is 35.4 Å². The van der Waals surface area contributed by atoms with Crippen LogP contribution in [0.15, 0.2) is 46.9 Å². The van der Waals surface area contributed by atoms with Crippen LogP contribution in [0, 0.1) is 0 Å². The van der Waals surface area contributed by atoms with E-state index >= 15 is 0 Å². The van der Waals surface area contributed by atoms with Crippen LogP contribution in [0.4, 0.5) is 0 Å². The van der Waals surface area contributed by atoms with Gasteiger partial charge in [-0.15, -0.1) is 12.4 Å². The van der Waals surface area contributed by atoms with Gasteiger partial charge < -0.3 is 14.8 Å². The molecule has 0 saturated carbocycles. The molecule has 0 amide bonds. The molecular formula is C19H25BrClNO2. The van der Waals surface area contributed by atoms with E-state index in [0.29, 0.717) is 6.04 Å². The summed E-state index contributed by atoms with van der Waals surface area (Å²) < 4.78 is 11.6. The smallest absolute Gasteiger partial charge is 0.174 e. The van der Waals surface area contributed by atoms with Gasteiger partial charge in [0.25, 0.3) is 0 Å². The van der Waals surface area contributed by atoms with Gasteiger partial charge in [-0.05, 0) is 59.0 Å². The summed E-state index contributed by atoms with van der Waals surface area (Å²) in [4.78, 5) is 0. The van der Waals surface area contributed by atoms with Gasteiger partial charge in [0.2, 0.25) is 0 Å². The van der Waals surface area contributed by atoms with E-state index in [1.165, 1.54) is 11.1 Å². The molecular weight excluding hydrogens is 390 g/mol. The Kier molecular flexibility index (Phi) is 9.19. The maximum absolute atomic E-state index is 5.39. The number of aryl methyl sites for hydroxylation is 1. The van der Waals surface area contributed by atoms with Gasteiger partial charge in [0.15, 0.2) is 11.5 Å². The fraction of sp³-hybridized carbons (Fsp3) is 0.368. The van der Waals surface area contributed by atoms with Crippen LogP contribution in [0.2, 0.25) is 0 Å². The molecule has 0 radical (unpaired) electrons. The van der Waals surface area contributed by atoms with Gasteiger partial charge in [-0.2, -0.15) is 0 Å². The molecule has 2 aromatic carbocycles. The summed E-state index contributed by atoms with van der Waals surface area (Å²) in [5.41, 5.74) is 2.55. The number of benzene rings is 2. The van der Waals surface area contributed by atoms with Crippen LogP contribution < -0.4 is 14.8 Å². The summed E-state index contributed by atoms with van der Waals surface area (Å²) in [6.07, 6.45) is 2.20. The van der Waals surface area contributed by atoms with Crippen molar-refractivity contribution in [2.45, 2.75) is 32.4 Å². The van der Waals surface area contributed by atoms with Crippen molar-refractivity contribution in [1.82, 2.24) is 5.32 Å². The van der Waals surface area contributed by atoms with Gasteiger partial charge in [0.05, 0.1) is 18.7 Å². The molecule has 2 rings (SSSR count). The summed E-state index contributed by atoms with van der Waals surface area (Å²) in [6, 6.07) is 15.1. The zero-order valence-corrected chi connectivity index (χ0v) is 16.7. The number of rotatable bonds is 8. The number of halogens is 2. The van der Waals surface area contributed by atoms with Crippen LogP contribution in [0.3, 0.4) is 0 Å². The molecule has 3 nitrogen and oxygen atoms in total. The molecule has 0 fully saturated rings. The lowest BCUT2D eigenvalue weighted by atomic mass is 10.1. The molecule has 0 saturated heterocycles. The van der Waals surface area contributed by atoms with Crippen molar-refractivity contribution in [1.29, 1.82) is 0 Å². The van der Waals surface area contributed by atoms with Gasteiger partial charge in [0, 0.05) is 12.6 Å². The average Bonchev–Trinajstić information content (AvgIpc) is 2.58. The summed E-state index contributed by atoms with van der Waals surface area (Å²) >= 11 is 3.53. The maximum Gasteiger partial charge on any atom is 0.174 e. The van der Waals surface area contributed by atoms with E-state index < -0.39 is 0 Å². The first-order valence-electron chi connectivity index (χ1n) is 7.81. The molecule has 0 bridgehead atoms. The van der Waals surface area contributed by atoms with Gasteiger partial charge in [-0.1, -0.05) is 30.3 Å². The van der Waals surface area contributed by atoms with E-state index in [2.05, 4.69) is 64.6 Å². The van der Waals surface area contributed by atoms with Crippen molar-refractivity contribution in [2.24, 2.45) is 0 Å². The Morgan fingerprint density at radius 3 is 2.38 bits per heavy atom. The Labute approximate surface area is 159 Å². The van der Waals surface area contributed by atoms with Crippen LogP contribution in [-0.4, -0.2) is 20.3 Å². The van der Waals surface area contributed by atoms with Crippen LogP contribution >= 0.6 is 28.3 Å². The molecule has 1 unspecified atom stereocenters. The highest BCUT2D eigenvalue weighted by Crippen LogP contribution is 2.36. The molecule has 0 aromatic heterocycles. The zero-order valence-electron chi connectivity index (χ0n) is 14.3. The predicted molar refractivity (Wildman–Crippen MR) is 106 cm³/mol. The Hall–Kier alpha value is -1.23. The average molecular weight is 415 g/mol. The van der Waals surface area contributed by atoms with E-state index in [1.807, 2.05) is 6.07 Å². The predicted octanol–water partition coefficient (Wildman–Crippen LogP) is 5.00.